The molecule has 2 aliphatic heterocycles. The molecule has 0 unspecified atom stereocenters. The van der Waals surface area contributed by atoms with Gasteiger partial charge in [-0.1, -0.05) is 24.0 Å². The Kier molecular flexibility index (Phi) is 10.4. The molecule has 1 aromatic rings. The molecule has 2 saturated heterocycles. The predicted octanol–water partition coefficient (Wildman–Crippen LogP) is 3.24. The monoisotopic (exact) mass is 586 g/mol. The summed E-state index contributed by atoms with van der Waals surface area (Å²) >= 11 is 10.0. The number of thioether (sulfide) groups is 1. The van der Waals surface area contributed by atoms with Gasteiger partial charge in [0.1, 0.15) is 4.32 Å². The molecule has 12 heteroatoms. The quantitative estimate of drug-likeness (QED) is 0.232. The lowest BCUT2D eigenvalue weighted by molar-refractivity contribution is -0.143. The molecule has 0 bridgehead atoms. The van der Waals surface area contributed by atoms with Crippen molar-refractivity contribution in [3.8, 4) is 11.5 Å². The van der Waals surface area contributed by atoms with Crippen molar-refractivity contribution in [2.75, 3.05) is 53.2 Å². The maximum atomic E-state index is 12.9. The van der Waals surface area contributed by atoms with Gasteiger partial charge in [-0.05, 0) is 53.0 Å². The summed E-state index contributed by atoms with van der Waals surface area (Å²) in [4.78, 5) is 40.5. The fourth-order valence-electron chi connectivity index (χ4n) is 3.46. The van der Waals surface area contributed by atoms with Crippen LogP contribution in [0.3, 0.4) is 0 Å². The summed E-state index contributed by atoms with van der Waals surface area (Å²) in [5.41, 5.74) is 0.701. The summed E-state index contributed by atoms with van der Waals surface area (Å²) in [6.07, 6.45) is 2.41. The summed E-state index contributed by atoms with van der Waals surface area (Å²) in [5, 5.41) is 0. The van der Waals surface area contributed by atoms with E-state index in [2.05, 4.69) is 15.9 Å². The average molecular weight is 588 g/mol. The number of hydrogen-bond acceptors (Lipinski definition) is 9. The number of morpholine rings is 1. The molecular weight excluding hydrogens is 560 g/mol. The van der Waals surface area contributed by atoms with Gasteiger partial charge in [0.2, 0.25) is 0 Å². The van der Waals surface area contributed by atoms with Gasteiger partial charge in [-0.25, -0.2) is 0 Å². The van der Waals surface area contributed by atoms with Crippen molar-refractivity contribution in [3.05, 3.63) is 27.1 Å². The molecule has 0 radical (unpaired) electrons. The van der Waals surface area contributed by atoms with E-state index in [1.807, 2.05) is 0 Å². The van der Waals surface area contributed by atoms with Gasteiger partial charge in [0.15, 0.2) is 18.1 Å². The molecule has 2 amide bonds. The number of carbonyl (C=O) groups excluding carboxylic acids is 3. The molecule has 0 aliphatic carbocycles. The third kappa shape index (κ3) is 7.42. The Hall–Kier alpha value is -2.15. The Bertz CT molecular complexity index is 1010. The fourth-order valence-corrected chi connectivity index (χ4v) is 5.34. The van der Waals surface area contributed by atoms with Crippen LogP contribution in [0.1, 0.15) is 25.3 Å². The second-order valence-electron chi connectivity index (χ2n) is 7.56. The van der Waals surface area contributed by atoms with Crippen molar-refractivity contribution >= 4 is 68.1 Å². The van der Waals surface area contributed by atoms with Gasteiger partial charge in [-0.3, -0.25) is 19.3 Å². The van der Waals surface area contributed by atoms with Crippen molar-refractivity contribution < 1.29 is 33.3 Å². The van der Waals surface area contributed by atoms with E-state index in [1.54, 1.807) is 30.0 Å². The standard InChI is InChI=1S/C23H27BrN2O7S2/c1-3-32-20(28)5-4-6-26-22(29)18(35-23(26)34)13-15-11-16(24)21(17(12-15)30-2)33-14-19(27)25-7-9-31-10-8-25/h11-13H,3-10,14H2,1-2H3/b18-13+. The molecule has 3 rings (SSSR count). The van der Waals surface area contributed by atoms with Crippen LogP contribution in [0.25, 0.3) is 6.08 Å². The maximum Gasteiger partial charge on any atom is 0.305 e. The highest BCUT2D eigenvalue weighted by Gasteiger charge is 2.32. The predicted molar refractivity (Wildman–Crippen MR) is 139 cm³/mol. The first-order valence-corrected chi connectivity index (χ1v) is 13.1. The number of rotatable bonds is 10. The molecule has 0 N–H and O–H groups in total. The van der Waals surface area contributed by atoms with Crippen molar-refractivity contribution in [2.45, 2.75) is 19.8 Å². The summed E-state index contributed by atoms with van der Waals surface area (Å²) in [5.74, 6) is 0.191. The molecule has 1 aromatic carbocycles. The first kappa shape index (κ1) is 27.4. The van der Waals surface area contributed by atoms with Crippen molar-refractivity contribution in [3.63, 3.8) is 0 Å². The molecule has 0 aromatic heterocycles. The number of benzene rings is 1. The van der Waals surface area contributed by atoms with E-state index in [0.29, 0.717) is 76.6 Å². The highest BCUT2D eigenvalue weighted by Crippen LogP contribution is 2.39. The summed E-state index contributed by atoms with van der Waals surface area (Å²) in [7, 11) is 1.51. The SMILES string of the molecule is CCOC(=O)CCCN1C(=O)/C(=C\c2cc(Br)c(OCC(=O)N3CCOCC3)c(OC)c2)SC1=S. The van der Waals surface area contributed by atoms with Crippen LogP contribution < -0.4 is 9.47 Å². The molecule has 0 saturated carbocycles. The number of carbonyl (C=O) groups is 3. The van der Waals surface area contributed by atoms with Gasteiger partial charge >= 0.3 is 5.97 Å². The minimum absolute atomic E-state index is 0.126. The van der Waals surface area contributed by atoms with Crippen molar-refractivity contribution in [1.29, 1.82) is 0 Å². The lowest BCUT2D eigenvalue weighted by Crippen LogP contribution is -2.43. The minimum Gasteiger partial charge on any atom is -0.493 e. The highest BCUT2D eigenvalue weighted by atomic mass is 79.9. The molecule has 0 atom stereocenters. The Morgan fingerprint density at radius 2 is 2.03 bits per heavy atom. The van der Waals surface area contributed by atoms with Gasteiger partial charge in [0.05, 0.1) is 36.3 Å². The van der Waals surface area contributed by atoms with Crippen LogP contribution in [0.2, 0.25) is 0 Å². The number of thiocarbonyl (C=S) groups is 1. The molecule has 35 heavy (non-hydrogen) atoms. The Balaban J connectivity index is 1.66. The zero-order valence-corrected chi connectivity index (χ0v) is 22.8. The van der Waals surface area contributed by atoms with E-state index in [-0.39, 0.29) is 30.8 Å². The number of hydrogen-bond donors (Lipinski definition) is 0. The Labute approximate surface area is 222 Å². The van der Waals surface area contributed by atoms with Crippen LogP contribution in [-0.2, 0) is 23.9 Å². The summed E-state index contributed by atoms with van der Waals surface area (Å²) < 4.78 is 22.5. The number of amides is 2. The molecule has 190 valence electrons. The van der Waals surface area contributed by atoms with Gasteiger partial charge in [-0.15, -0.1) is 0 Å². The number of methoxy groups -OCH3 is 1. The number of ether oxygens (including phenoxy) is 4. The smallest absolute Gasteiger partial charge is 0.305 e. The van der Waals surface area contributed by atoms with E-state index >= 15 is 0 Å². The van der Waals surface area contributed by atoms with Crippen molar-refractivity contribution in [2.24, 2.45) is 0 Å². The van der Waals surface area contributed by atoms with Crippen molar-refractivity contribution in [1.82, 2.24) is 9.80 Å². The van der Waals surface area contributed by atoms with E-state index in [0.717, 1.165) is 0 Å². The van der Waals surface area contributed by atoms with Crippen LogP contribution in [-0.4, -0.2) is 85.1 Å². The fraction of sp³-hybridized carbons (Fsp3) is 0.478. The third-order valence-electron chi connectivity index (χ3n) is 5.19. The van der Waals surface area contributed by atoms with Crippen LogP contribution in [0.15, 0.2) is 21.5 Å². The summed E-state index contributed by atoms with van der Waals surface area (Å²) in [6, 6.07) is 3.51. The highest BCUT2D eigenvalue weighted by molar-refractivity contribution is 9.10. The van der Waals surface area contributed by atoms with Gasteiger partial charge < -0.3 is 23.8 Å². The van der Waals surface area contributed by atoms with Gasteiger partial charge in [0.25, 0.3) is 11.8 Å². The van der Waals surface area contributed by atoms with E-state index in [4.69, 9.17) is 31.2 Å². The van der Waals surface area contributed by atoms with Gasteiger partial charge in [-0.2, -0.15) is 0 Å². The Morgan fingerprint density at radius 1 is 1.29 bits per heavy atom. The van der Waals surface area contributed by atoms with E-state index in [1.165, 1.54) is 23.8 Å². The zero-order chi connectivity index (χ0) is 25.4. The average Bonchev–Trinajstić information content (AvgIpc) is 3.10. The number of halogens is 1. The normalized spacial score (nSPS) is 17.2. The molecule has 0 spiro atoms. The second-order valence-corrected chi connectivity index (χ2v) is 10.1. The maximum absolute atomic E-state index is 12.9. The number of nitrogens with zero attached hydrogens (tertiary/aromatic N) is 2. The topological polar surface area (TPSA) is 94.6 Å². The first-order chi connectivity index (χ1) is 16.8. The van der Waals surface area contributed by atoms with Crippen LogP contribution in [0, 0.1) is 0 Å². The molecule has 2 fully saturated rings. The minimum atomic E-state index is -0.292. The van der Waals surface area contributed by atoms with Crippen LogP contribution in [0.4, 0.5) is 0 Å². The Morgan fingerprint density at radius 3 is 2.71 bits per heavy atom. The molecular formula is C23H27BrN2O7S2. The largest absolute Gasteiger partial charge is 0.493 e. The lowest BCUT2D eigenvalue weighted by atomic mass is 10.1. The molecule has 2 aliphatic rings. The van der Waals surface area contributed by atoms with E-state index in [9.17, 15) is 14.4 Å². The first-order valence-electron chi connectivity index (χ1n) is 11.1. The second kappa shape index (κ2) is 13.2. The summed E-state index contributed by atoms with van der Waals surface area (Å²) in [6.45, 7) is 4.42. The molecule has 2 heterocycles. The zero-order valence-electron chi connectivity index (χ0n) is 19.5. The molecule has 9 nitrogen and oxygen atoms in total. The third-order valence-corrected chi connectivity index (χ3v) is 7.16. The van der Waals surface area contributed by atoms with Gasteiger partial charge in [0, 0.05) is 26.1 Å². The lowest BCUT2D eigenvalue weighted by Gasteiger charge is -2.27. The van der Waals surface area contributed by atoms with E-state index < -0.39 is 0 Å². The van der Waals surface area contributed by atoms with Crippen LogP contribution in [0.5, 0.6) is 11.5 Å². The van der Waals surface area contributed by atoms with Crippen LogP contribution >= 0.6 is 39.9 Å². The number of esters is 1.